The van der Waals surface area contributed by atoms with E-state index >= 15 is 0 Å². The number of hydrogen-bond donors (Lipinski definition) is 0. The van der Waals surface area contributed by atoms with Gasteiger partial charge in [0.25, 0.3) is 0 Å². The first-order chi connectivity index (χ1) is 9.00. The SMILES string of the molecule is CN1CCCC(N(C)c2ncnc(Cl)c2[N+](=O)[O-])C1. The van der Waals surface area contributed by atoms with Gasteiger partial charge < -0.3 is 9.80 Å². The molecule has 0 radical (unpaired) electrons. The molecule has 2 heterocycles. The summed E-state index contributed by atoms with van der Waals surface area (Å²) in [7, 11) is 3.86. The van der Waals surface area contributed by atoms with Crippen LogP contribution < -0.4 is 4.90 Å². The van der Waals surface area contributed by atoms with E-state index in [-0.39, 0.29) is 22.7 Å². The van der Waals surface area contributed by atoms with Gasteiger partial charge in [0.1, 0.15) is 6.33 Å². The minimum absolute atomic E-state index is 0.119. The fraction of sp³-hybridized carbons (Fsp3) is 0.636. The van der Waals surface area contributed by atoms with Gasteiger partial charge in [-0.25, -0.2) is 9.97 Å². The van der Waals surface area contributed by atoms with Crippen LogP contribution in [0.3, 0.4) is 0 Å². The Morgan fingerprint density at radius 2 is 2.32 bits per heavy atom. The van der Waals surface area contributed by atoms with Crippen molar-refractivity contribution in [2.45, 2.75) is 18.9 Å². The molecule has 19 heavy (non-hydrogen) atoms. The third-order valence-electron chi connectivity index (χ3n) is 3.42. The second kappa shape index (κ2) is 5.66. The number of nitro groups is 1. The molecule has 0 spiro atoms. The van der Waals surface area contributed by atoms with Crippen molar-refractivity contribution in [1.82, 2.24) is 14.9 Å². The highest BCUT2D eigenvalue weighted by Crippen LogP contribution is 2.32. The predicted octanol–water partition coefficient (Wildman–Crippen LogP) is 1.57. The van der Waals surface area contributed by atoms with Crippen LogP contribution in [-0.2, 0) is 0 Å². The van der Waals surface area contributed by atoms with Crippen molar-refractivity contribution in [2.24, 2.45) is 0 Å². The summed E-state index contributed by atoms with van der Waals surface area (Å²) in [6, 6.07) is 0.198. The second-order valence-electron chi connectivity index (χ2n) is 4.76. The molecule has 1 unspecified atom stereocenters. The Morgan fingerprint density at radius 1 is 1.58 bits per heavy atom. The molecule has 0 aromatic carbocycles. The van der Waals surface area contributed by atoms with Crippen molar-refractivity contribution in [3.05, 3.63) is 21.6 Å². The molecule has 1 aromatic heterocycles. The van der Waals surface area contributed by atoms with Gasteiger partial charge in [0, 0.05) is 19.6 Å². The molecule has 7 nitrogen and oxygen atoms in total. The van der Waals surface area contributed by atoms with Crippen molar-refractivity contribution in [3.63, 3.8) is 0 Å². The molecule has 1 saturated heterocycles. The van der Waals surface area contributed by atoms with Gasteiger partial charge >= 0.3 is 5.69 Å². The number of likely N-dealkylation sites (N-methyl/N-ethyl adjacent to an activating group) is 2. The van der Waals surface area contributed by atoms with Crippen molar-refractivity contribution < 1.29 is 4.92 Å². The molecular formula is C11H16ClN5O2. The Morgan fingerprint density at radius 3 is 2.95 bits per heavy atom. The Kier molecular flexibility index (Phi) is 4.16. The molecule has 0 saturated carbocycles. The smallest absolute Gasteiger partial charge is 0.348 e. The summed E-state index contributed by atoms with van der Waals surface area (Å²) in [6.07, 6.45) is 3.31. The molecule has 104 valence electrons. The van der Waals surface area contributed by atoms with Crippen LogP contribution >= 0.6 is 11.6 Å². The van der Waals surface area contributed by atoms with Crippen LogP contribution in [0, 0.1) is 10.1 Å². The lowest BCUT2D eigenvalue weighted by Crippen LogP contribution is -2.45. The molecule has 0 aliphatic carbocycles. The maximum Gasteiger partial charge on any atom is 0.348 e. The van der Waals surface area contributed by atoms with Crippen LogP contribution in [-0.4, -0.2) is 53.0 Å². The van der Waals surface area contributed by atoms with Gasteiger partial charge in [-0.05, 0) is 26.4 Å². The summed E-state index contributed by atoms with van der Waals surface area (Å²) >= 11 is 5.81. The number of hydrogen-bond acceptors (Lipinski definition) is 6. The number of piperidine rings is 1. The molecule has 8 heteroatoms. The summed E-state index contributed by atoms with van der Waals surface area (Å²) in [5, 5.41) is 11.0. The minimum atomic E-state index is -0.527. The summed E-state index contributed by atoms with van der Waals surface area (Å²) < 4.78 is 0. The fourth-order valence-electron chi connectivity index (χ4n) is 2.39. The van der Waals surface area contributed by atoms with E-state index in [1.54, 1.807) is 0 Å². The summed E-state index contributed by atoms with van der Waals surface area (Å²) in [4.78, 5) is 22.3. The standard InChI is InChI=1S/C11H16ClN5O2/c1-15-5-3-4-8(6-15)16(2)11-9(17(18)19)10(12)13-7-14-11/h7-8H,3-6H2,1-2H3. The highest BCUT2D eigenvalue weighted by atomic mass is 35.5. The lowest BCUT2D eigenvalue weighted by molar-refractivity contribution is -0.384. The van der Waals surface area contributed by atoms with Crippen LogP contribution in [0.1, 0.15) is 12.8 Å². The highest BCUT2D eigenvalue weighted by molar-refractivity contribution is 6.31. The number of aromatic nitrogens is 2. The Bertz CT molecular complexity index is 484. The third kappa shape index (κ3) is 2.93. The van der Waals surface area contributed by atoms with Crippen molar-refractivity contribution in [2.75, 3.05) is 32.1 Å². The monoisotopic (exact) mass is 285 g/mol. The predicted molar refractivity (Wildman–Crippen MR) is 72.6 cm³/mol. The number of anilines is 1. The molecular weight excluding hydrogens is 270 g/mol. The van der Waals surface area contributed by atoms with E-state index in [1.807, 2.05) is 19.0 Å². The highest BCUT2D eigenvalue weighted by Gasteiger charge is 2.29. The number of rotatable bonds is 3. The topological polar surface area (TPSA) is 75.4 Å². The zero-order chi connectivity index (χ0) is 14.0. The first-order valence-electron chi connectivity index (χ1n) is 6.07. The Balaban J connectivity index is 2.30. The van der Waals surface area contributed by atoms with E-state index in [1.165, 1.54) is 6.33 Å². The summed E-state index contributed by atoms with van der Waals surface area (Å²) in [5.74, 6) is 0.283. The zero-order valence-corrected chi connectivity index (χ0v) is 11.7. The lowest BCUT2D eigenvalue weighted by atomic mass is 10.1. The number of likely N-dealkylation sites (tertiary alicyclic amines) is 1. The normalized spacial score (nSPS) is 20.3. The molecule has 1 aliphatic heterocycles. The first kappa shape index (κ1) is 14.0. The van der Waals surface area contributed by atoms with Gasteiger partial charge in [0.15, 0.2) is 0 Å². The average Bonchev–Trinajstić information content (AvgIpc) is 2.37. The van der Waals surface area contributed by atoms with Crippen LogP contribution in [0.5, 0.6) is 0 Å². The maximum absolute atomic E-state index is 11.1. The van der Waals surface area contributed by atoms with E-state index in [2.05, 4.69) is 14.9 Å². The molecule has 0 amide bonds. The van der Waals surface area contributed by atoms with E-state index in [9.17, 15) is 10.1 Å². The average molecular weight is 286 g/mol. The van der Waals surface area contributed by atoms with Crippen molar-refractivity contribution in [1.29, 1.82) is 0 Å². The van der Waals surface area contributed by atoms with Crippen molar-refractivity contribution >= 4 is 23.1 Å². The van der Waals surface area contributed by atoms with Gasteiger partial charge in [-0.2, -0.15) is 0 Å². The largest absolute Gasteiger partial charge is 0.350 e. The van der Waals surface area contributed by atoms with Crippen LogP contribution in [0.15, 0.2) is 6.33 Å². The summed E-state index contributed by atoms with van der Waals surface area (Å²) in [5.41, 5.74) is -0.222. The minimum Gasteiger partial charge on any atom is -0.350 e. The molecule has 0 bridgehead atoms. The second-order valence-corrected chi connectivity index (χ2v) is 5.12. The molecule has 1 aliphatic rings. The number of halogens is 1. The Hall–Kier alpha value is -1.47. The van der Waals surface area contributed by atoms with Gasteiger partial charge in [-0.3, -0.25) is 10.1 Å². The molecule has 1 atom stereocenters. The van der Waals surface area contributed by atoms with Crippen molar-refractivity contribution in [3.8, 4) is 0 Å². The van der Waals surface area contributed by atoms with Gasteiger partial charge in [-0.15, -0.1) is 0 Å². The molecule has 2 rings (SSSR count). The van der Waals surface area contributed by atoms with E-state index < -0.39 is 4.92 Å². The Labute approximate surface area is 116 Å². The first-order valence-corrected chi connectivity index (χ1v) is 6.44. The van der Waals surface area contributed by atoms with Crippen LogP contribution in [0.25, 0.3) is 0 Å². The quantitative estimate of drug-likeness (QED) is 0.477. The van der Waals surface area contributed by atoms with Crippen LogP contribution in [0.4, 0.5) is 11.5 Å². The van der Waals surface area contributed by atoms with Gasteiger partial charge in [-0.1, -0.05) is 11.6 Å². The zero-order valence-electron chi connectivity index (χ0n) is 10.9. The maximum atomic E-state index is 11.1. The van der Waals surface area contributed by atoms with E-state index in [4.69, 9.17) is 11.6 Å². The van der Waals surface area contributed by atoms with Gasteiger partial charge in [0.2, 0.25) is 11.0 Å². The third-order valence-corrected chi connectivity index (χ3v) is 3.70. The molecule has 1 fully saturated rings. The lowest BCUT2D eigenvalue weighted by Gasteiger charge is -2.36. The summed E-state index contributed by atoms with van der Waals surface area (Å²) in [6.45, 7) is 1.91. The van der Waals surface area contributed by atoms with Gasteiger partial charge in [0.05, 0.1) is 4.92 Å². The van der Waals surface area contributed by atoms with E-state index in [0.29, 0.717) is 0 Å². The molecule has 0 N–H and O–H groups in total. The fourth-order valence-corrected chi connectivity index (χ4v) is 2.59. The number of nitrogens with zero attached hydrogens (tertiary/aromatic N) is 5. The van der Waals surface area contributed by atoms with E-state index in [0.717, 1.165) is 25.9 Å². The van der Waals surface area contributed by atoms with Crippen LogP contribution in [0.2, 0.25) is 5.15 Å². The molecule has 1 aromatic rings.